The molecule has 1 rings (SSSR count). The number of thioether (sulfide) groups is 1. The molecule has 1 aliphatic heterocycles. The lowest BCUT2D eigenvalue weighted by atomic mass is 10.5. The van der Waals surface area contributed by atoms with E-state index in [1.165, 1.54) is 0 Å². The molecular weight excluding hydrogens is 218 g/mol. The van der Waals surface area contributed by atoms with E-state index in [0.717, 1.165) is 18.2 Å². The van der Waals surface area contributed by atoms with Crippen molar-refractivity contribution in [2.24, 2.45) is 0 Å². The first-order valence-corrected chi connectivity index (χ1v) is 7.46. The molecule has 14 heavy (non-hydrogen) atoms. The number of rotatable bonds is 7. The van der Waals surface area contributed by atoms with E-state index in [0.29, 0.717) is 18.4 Å². The van der Waals surface area contributed by atoms with Crippen LogP contribution in [0.4, 0.5) is 4.79 Å². The quantitative estimate of drug-likeness (QED) is 0.393. The first kappa shape index (κ1) is 11.9. The second-order valence-electron chi connectivity index (χ2n) is 3.18. The first-order chi connectivity index (χ1) is 6.83. The van der Waals surface area contributed by atoms with Crippen molar-refractivity contribution in [2.45, 2.75) is 17.7 Å². The third-order valence-electron chi connectivity index (χ3n) is 1.85. The standard InChI is InChI=1S/C8H17NO3SSi/c1-11-14-4-2-3-9-8(10)12-5-7-6-13-7/h7H,2-6,14H2,1H3,(H,9,10). The molecule has 0 aliphatic carbocycles. The number of hydrogen-bond acceptors (Lipinski definition) is 4. The van der Waals surface area contributed by atoms with E-state index in [9.17, 15) is 4.79 Å². The molecule has 4 nitrogen and oxygen atoms in total. The van der Waals surface area contributed by atoms with Crippen LogP contribution < -0.4 is 5.32 Å². The normalized spacial score (nSPS) is 19.9. The molecule has 1 fully saturated rings. The van der Waals surface area contributed by atoms with E-state index < -0.39 is 0 Å². The molecule has 0 aromatic carbocycles. The van der Waals surface area contributed by atoms with Crippen molar-refractivity contribution in [3.8, 4) is 0 Å². The van der Waals surface area contributed by atoms with Gasteiger partial charge in [0.1, 0.15) is 6.61 Å². The fraction of sp³-hybridized carbons (Fsp3) is 0.875. The van der Waals surface area contributed by atoms with Crippen LogP contribution in [-0.2, 0) is 9.16 Å². The molecule has 1 aliphatic rings. The molecule has 1 amide bonds. The van der Waals surface area contributed by atoms with Crippen LogP contribution in [0.5, 0.6) is 0 Å². The van der Waals surface area contributed by atoms with Crippen LogP contribution in [0.2, 0.25) is 6.04 Å². The lowest BCUT2D eigenvalue weighted by Crippen LogP contribution is -2.26. The summed E-state index contributed by atoms with van der Waals surface area (Å²) in [5.41, 5.74) is 0. The van der Waals surface area contributed by atoms with Crippen molar-refractivity contribution < 1.29 is 14.0 Å². The molecule has 0 radical (unpaired) electrons. The van der Waals surface area contributed by atoms with Gasteiger partial charge in [-0.1, -0.05) is 0 Å². The number of carbonyl (C=O) groups is 1. The molecule has 82 valence electrons. The van der Waals surface area contributed by atoms with E-state index in [4.69, 9.17) is 9.16 Å². The minimum absolute atomic E-state index is 0.281. The van der Waals surface area contributed by atoms with Gasteiger partial charge in [0.25, 0.3) is 0 Å². The molecule has 1 N–H and O–H groups in total. The SMILES string of the molecule is CO[SiH2]CCCNC(=O)OCC1CS1. The van der Waals surface area contributed by atoms with Gasteiger partial charge in [0.2, 0.25) is 0 Å². The Kier molecular flexibility index (Phi) is 6.05. The molecule has 0 saturated carbocycles. The highest BCUT2D eigenvalue weighted by Gasteiger charge is 2.23. The predicted molar refractivity (Wildman–Crippen MR) is 60.6 cm³/mol. The Morgan fingerprint density at radius 3 is 3.14 bits per heavy atom. The maximum absolute atomic E-state index is 11.0. The minimum Gasteiger partial charge on any atom is -0.448 e. The van der Waals surface area contributed by atoms with Crippen molar-refractivity contribution in [2.75, 3.05) is 26.0 Å². The third-order valence-corrected chi connectivity index (χ3v) is 3.99. The van der Waals surface area contributed by atoms with Gasteiger partial charge in [-0.3, -0.25) is 0 Å². The smallest absolute Gasteiger partial charge is 0.407 e. The fourth-order valence-electron chi connectivity index (χ4n) is 0.946. The number of nitrogens with one attached hydrogen (secondary N) is 1. The van der Waals surface area contributed by atoms with Gasteiger partial charge in [0.05, 0.1) is 0 Å². The molecule has 0 spiro atoms. The van der Waals surface area contributed by atoms with E-state index >= 15 is 0 Å². The largest absolute Gasteiger partial charge is 0.448 e. The summed E-state index contributed by atoms with van der Waals surface area (Å²) in [4.78, 5) is 11.0. The van der Waals surface area contributed by atoms with E-state index in [-0.39, 0.29) is 15.9 Å². The van der Waals surface area contributed by atoms with Gasteiger partial charge < -0.3 is 14.5 Å². The second-order valence-corrected chi connectivity index (χ2v) is 6.21. The highest BCUT2D eigenvalue weighted by molar-refractivity contribution is 8.06. The summed E-state index contributed by atoms with van der Waals surface area (Å²) in [5.74, 6) is 1.13. The summed E-state index contributed by atoms with van der Waals surface area (Å²) in [5, 5.41) is 3.28. The van der Waals surface area contributed by atoms with Crippen LogP contribution in [0.1, 0.15) is 6.42 Å². The molecule has 1 heterocycles. The zero-order valence-corrected chi connectivity index (χ0v) is 10.7. The summed E-state index contributed by atoms with van der Waals surface area (Å²) in [6, 6.07) is 1.11. The Labute approximate surface area is 91.0 Å². The molecule has 0 bridgehead atoms. The van der Waals surface area contributed by atoms with E-state index in [1.54, 1.807) is 7.11 Å². The van der Waals surface area contributed by atoms with Crippen LogP contribution >= 0.6 is 11.8 Å². The summed E-state index contributed by atoms with van der Waals surface area (Å²) in [7, 11) is 1.40. The lowest BCUT2D eigenvalue weighted by molar-refractivity contribution is 0.149. The second kappa shape index (κ2) is 7.14. The molecule has 1 atom stereocenters. The van der Waals surface area contributed by atoms with E-state index in [2.05, 4.69) is 5.32 Å². The van der Waals surface area contributed by atoms with Crippen molar-refractivity contribution in [1.82, 2.24) is 5.32 Å². The van der Waals surface area contributed by atoms with Gasteiger partial charge >= 0.3 is 6.09 Å². The van der Waals surface area contributed by atoms with Crippen LogP contribution in [0, 0.1) is 0 Å². The Balaban J connectivity index is 1.81. The topological polar surface area (TPSA) is 47.6 Å². The van der Waals surface area contributed by atoms with Gasteiger partial charge in [0, 0.05) is 24.7 Å². The maximum Gasteiger partial charge on any atom is 0.407 e. The molecular formula is C8H17NO3SSi. The number of ether oxygens (including phenoxy) is 1. The number of alkyl carbamates (subject to hydrolysis) is 1. The van der Waals surface area contributed by atoms with Crippen LogP contribution in [0.15, 0.2) is 0 Å². The summed E-state index contributed by atoms with van der Waals surface area (Å²) in [6.45, 7) is 1.26. The molecule has 1 saturated heterocycles. The minimum atomic E-state index is -0.333. The lowest BCUT2D eigenvalue weighted by Gasteiger charge is -2.05. The number of amides is 1. The molecule has 1 unspecified atom stereocenters. The molecule has 0 aromatic rings. The van der Waals surface area contributed by atoms with Gasteiger partial charge in [-0.2, -0.15) is 11.8 Å². The predicted octanol–water partition coefficient (Wildman–Crippen LogP) is 0.367. The molecule has 6 heteroatoms. The van der Waals surface area contributed by atoms with Gasteiger partial charge in [-0.15, -0.1) is 0 Å². The average molecular weight is 235 g/mol. The average Bonchev–Trinajstić information content (AvgIpc) is 2.98. The monoisotopic (exact) mass is 235 g/mol. The number of hydrogen-bond donors (Lipinski definition) is 1. The van der Waals surface area contributed by atoms with Crippen molar-refractivity contribution in [3.05, 3.63) is 0 Å². The van der Waals surface area contributed by atoms with E-state index in [1.807, 2.05) is 11.8 Å². The maximum atomic E-state index is 11.0. The fourth-order valence-corrected chi connectivity index (χ4v) is 2.09. The first-order valence-electron chi connectivity index (χ1n) is 4.84. The van der Waals surface area contributed by atoms with Crippen molar-refractivity contribution in [1.29, 1.82) is 0 Å². The van der Waals surface area contributed by atoms with Gasteiger partial charge in [-0.05, 0) is 12.5 Å². The number of carbonyl (C=O) groups excluding carboxylic acids is 1. The summed E-state index contributed by atoms with van der Waals surface area (Å²) < 4.78 is 10.0. The zero-order valence-electron chi connectivity index (χ0n) is 8.45. The Morgan fingerprint density at radius 2 is 2.50 bits per heavy atom. The highest BCUT2D eigenvalue weighted by Crippen LogP contribution is 2.29. The highest BCUT2D eigenvalue weighted by atomic mass is 32.2. The Morgan fingerprint density at radius 1 is 1.71 bits per heavy atom. The van der Waals surface area contributed by atoms with Crippen molar-refractivity contribution in [3.63, 3.8) is 0 Å². The van der Waals surface area contributed by atoms with Crippen molar-refractivity contribution >= 4 is 27.6 Å². The third kappa shape index (κ3) is 6.28. The summed E-state index contributed by atoms with van der Waals surface area (Å²) >= 11 is 1.83. The van der Waals surface area contributed by atoms with Gasteiger partial charge in [0.15, 0.2) is 9.76 Å². The van der Waals surface area contributed by atoms with Gasteiger partial charge in [-0.25, -0.2) is 4.79 Å². The van der Waals surface area contributed by atoms with Crippen LogP contribution in [0.25, 0.3) is 0 Å². The Bertz CT molecular complexity index is 178. The zero-order chi connectivity index (χ0) is 10.2. The molecule has 0 aromatic heterocycles. The van der Waals surface area contributed by atoms with Crippen LogP contribution in [0.3, 0.4) is 0 Å². The Hall–Kier alpha value is -0.203. The summed E-state index contributed by atoms with van der Waals surface area (Å²) in [6.07, 6.45) is 0.712. The van der Waals surface area contributed by atoms with Crippen LogP contribution in [-0.4, -0.2) is 47.1 Å².